The fraction of sp³-hybridized carbons (Fsp3) is 0.400. The number of hydrogen-bond donors (Lipinski definition) is 0. The predicted molar refractivity (Wildman–Crippen MR) is 168 cm³/mol. The molecular weight excluding hydrogens is 707 g/mol. The van der Waals surface area contributed by atoms with Crippen LogP contribution in [0, 0.1) is 23.1 Å². The van der Waals surface area contributed by atoms with E-state index in [-0.39, 0.29) is 40.5 Å². The van der Waals surface area contributed by atoms with E-state index in [9.17, 15) is 54.0 Å². The first-order valence-corrected chi connectivity index (χ1v) is 17.3. The van der Waals surface area contributed by atoms with E-state index in [1.807, 2.05) is 0 Å². The number of carbonyl (C=O) groups is 2. The molecule has 51 heavy (non-hydrogen) atoms. The number of alkyl halides is 6. The number of nitrogens with zero attached hydrogens (tertiary/aromatic N) is 3. The number of likely N-dealkylation sites (tertiary alicyclic amines) is 2. The number of nitriles is 1. The predicted octanol–water partition coefficient (Wildman–Crippen LogP) is 6.39. The molecule has 272 valence electrons. The topological polar surface area (TPSA) is 108 Å². The molecule has 0 bridgehead atoms. The number of benzene rings is 3. The Balaban J connectivity index is 1.56. The molecule has 3 aromatic rings. The van der Waals surface area contributed by atoms with Gasteiger partial charge in [0.2, 0.25) is 11.8 Å². The zero-order valence-electron chi connectivity index (χ0n) is 27.1. The lowest BCUT2D eigenvalue weighted by Gasteiger charge is -2.38. The van der Waals surface area contributed by atoms with E-state index in [0.29, 0.717) is 38.1 Å². The maximum atomic E-state index is 14.6. The molecule has 0 radical (unpaired) electrons. The van der Waals surface area contributed by atoms with Crippen molar-refractivity contribution in [2.24, 2.45) is 5.92 Å². The van der Waals surface area contributed by atoms with Crippen LogP contribution in [0.15, 0.2) is 77.7 Å². The van der Waals surface area contributed by atoms with E-state index in [0.717, 1.165) is 42.5 Å². The maximum Gasteiger partial charge on any atom is 0.430 e. The average molecular weight is 740 g/mol. The SMILES string of the molecule is CC(=O)N1CCC(C(=O)N2CCC(c3ccc(C(OCc4ccccc4C#N)(C(F)(F)F)C(F)(F)F)cc3)(S(=O)(=O)c3ccc(F)cc3)C2)CC1. The molecule has 2 saturated heterocycles. The minimum Gasteiger partial charge on any atom is -0.349 e. The molecule has 5 rings (SSSR count). The number of piperidine rings is 1. The van der Waals surface area contributed by atoms with Gasteiger partial charge >= 0.3 is 12.4 Å². The van der Waals surface area contributed by atoms with Gasteiger partial charge in [0.1, 0.15) is 10.6 Å². The second-order valence-electron chi connectivity index (χ2n) is 12.6. The van der Waals surface area contributed by atoms with Crippen molar-refractivity contribution in [3.8, 4) is 6.07 Å². The lowest BCUT2D eigenvalue weighted by Crippen LogP contribution is -2.56. The van der Waals surface area contributed by atoms with Gasteiger partial charge in [-0.3, -0.25) is 9.59 Å². The van der Waals surface area contributed by atoms with E-state index in [4.69, 9.17) is 4.74 Å². The van der Waals surface area contributed by atoms with E-state index >= 15 is 0 Å². The molecule has 0 N–H and O–H groups in total. The molecule has 2 aliphatic rings. The van der Waals surface area contributed by atoms with Crippen LogP contribution in [0.25, 0.3) is 0 Å². The van der Waals surface area contributed by atoms with Crippen molar-refractivity contribution in [1.82, 2.24) is 9.80 Å². The molecule has 3 aromatic carbocycles. The van der Waals surface area contributed by atoms with Gasteiger partial charge in [-0.05, 0) is 60.7 Å². The van der Waals surface area contributed by atoms with E-state index in [1.54, 1.807) is 11.0 Å². The Hall–Kier alpha value is -4.49. The van der Waals surface area contributed by atoms with Crippen LogP contribution < -0.4 is 0 Å². The van der Waals surface area contributed by atoms with Crippen LogP contribution in [0.1, 0.15) is 48.4 Å². The van der Waals surface area contributed by atoms with E-state index < -0.39 is 68.9 Å². The smallest absolute Gasteiger partial charge is 0.349 e. The molecule has 0 saturated carbocycles. The van der Waals surface area contributed by atoms with Crippen molar-refractivity contribution in [3.05, 3.63) is 101 Å². The highest BCUT2D eigenvalue weighted by atomic mass is 32.2. The lowest BCUT2D eigenvalue weighted by molar-refractivity contribution is -0.392. The number of halogens is 7. The first kappa shape index (κ1) is 37.8. The molecule has 2 fully saturated rings. The second-order valence-corrected chi connectivity index (χ2v) is 14.8. The first-order chi connectivity index (χ1) is 23.9. The molecule has 1 unspecified atom stereocenters. The van der Waals surface area contributed by atoms with E-state index in [2.05, 4.69) is 0 Å². The highest BCUT2D eigenvalue weighted by molar-refractivity contribution is 7.92. The van der Waals surface area contributed by atoms with Crippen molar-refractivity contribution >= 4 is 21.7 Å². The Kier molecular flexibility index (Phi) is 10.3. The highest BCUT2D eigenvalue weighted by Crippen LogP contribution is 2.54. The number of hydrogen-bond acceptors (Lipinski definition) is 6. The van der Waals surface area contributed by atoms with Crippen LogP contribution in [-0.4, -0.2) is 68.6 Å². The van der Waals surface area contributed by atoms with Gasteiger partial charge in [0.25, 0.3) is 5.60 Å². The average Bonchev–Trinajstić information content (AvgIpc) is 3.55. The molecule has 0 aliphatic carbocycles. The van der Waals surface area contributed by atoms with Gasteiger partial charge in [-0.2, -0.15) is 31.6 Å². The minimum absolute atomic E-state index is 0.107. The maximum absolute atomic E-state index is 14.6. The van der Waals surface area contributed by atoms with Gasteiger partial charge < -0.3 is 14.5 Å². The second kappa shape index (κ2) is 13.9. The Morgan fingerprint density at radius 1 is 0.882 bits per heavy atom. The number of amides is 2. The summed E-state index contributed by atoms with van der Waals surface area (Å²) in [5.74, 6) is -1.85. The van der Waals surface area contributed by atoms with Crippen LogP contribution in [0.5, 0.6) is 0 Å². The fourth-order valence-electron chi connectivity index (χ4n) is 6.80. The molecule has 2 heterocycles. The quantitative estimate of drug-likeness (QED) is 0.196. The Bertz CT molecular complexity index is 1900. The van der Waals surface area contributed by atoms with Crippen molar-refractivity contribution in [1.29, 1.82) is 5.26 Å². The van der Waals surface area contributed by atoms with Crippen LogP contribution >= 0.6 is 0 Å². The Labute approximate surface area is 289 Å². The molecule has 2 aliphatic heterocycles. The Morgan fingerprint density at radius 3 is 2.02 bits per heavy atom. The molecule has 8 nitrogen and oxygen atoms in total. The molecule has 2 amide bonds. The summed E-state index contributed by atoms with van der Waals surface area (Å²) in [6, 6.07) is 13.2. The molecule has 16 heteroatoms. The molecular formula is C35H32F7N3O5S. The summed E-state index contributed by atoms with van der Waals surface area (Å²) in [7, 11) is -4.57. The zero-order chi connectivity index (χ0) is 37.4. The Morgan fingerprint density at radius 2 is 1.47 bits per heavy atom. The third-order valence-corrected chi connectivity index (χ3v) is 12.2. The van der Waals surface area contributed by atoms with Gasteiger partial charge in [-0.25, -0.2) is 12.8 Å². The summed E-state index contributed by atoms with van der Waals surface area (Å²) >= 11 is 0. The van der Waals surface area contributed by atoms with Gasteiger partial charge in [0.05, 0.1) is 23.1 Å². The van der Waals surface area contributed by atoms with Crippen LogP contribution in [0.4, 0.5) is 30.7 Å². The van der Waals surface area contributed by atoms with Gasteiger partial charge in [0.15, 0.2) is 9.84 Å². The third-order valence-electron chi connectivity index (χ3n) is 9.67. The van der Waals surface area contributed by atoms with Gasteiger partial charge in [0, 0.05) is 44.6 Å². The molecule has 1 atom stereocenters. The first-order valence-electron chi connectivity index (χ1n) is 15.8. The normalized spacial score (nSPS) is 19.2. The van der Waals surface area contributed by atoms with Crippen LogP contribution in [-0.2, 0) is 41.1 Å². The van der Waals surface area contributed by atoms with Crippen molar-refractivity contribution in [3.63, 3.8) is 0 Å². The highest BCUT2D eigenvalue weighted by Gasteiger charge is 2.73. The van der Waals surface area contributed by atoms with Crippen molar-refractivity contribution in [2.45, 2.75) is 60.4 Å². The lowest BCUT2D eigenvalue weighted by atomic mass is 9.88. The standard InChI is InChI=1S/C35H32F7N3O5S/c1-23(46)44-17-14-24(15-18-44)31(47)45-19-16-32(22-45,51(48,49)30-12-10-29(36)11-13-30)27-6-8-28(9-7-27)33(34(37,38)39,35(40,41)42)50-21-26-5-3-2-4-25(26)20-43/h2-13,24H,14-19,21-22H2,1H3. The number of carbonyl (C=O) groups excluding carboxylic acids is 2. The largest absolute Gasteiger partial charge is 0.430 e. The summed E-state index contributed by atoms with van der Waals surface area (Å²) < 4.78 is 133. The minimum atomic E-state index is -6.07. The number of rotatable bonds is 8. The number of sulfone groups is 1. The van der Waals surface area contributed by atoms with Crippen molar-refractivity contribution < 1.29 is 53.5 Å². The summed E-state index contributed by atoms with van der Waals surface area (Å²) in [6.45, 7) is 0.188. The van der Waals surface area contributed by atoms with Crippen LogP contribution in [0.2, 0.25) is 0 Å². The van der Waals surface area contributed by atoms with Gasteiger partial charge in [-0.1, -0.05) is 42.5 Å². The number of ether oxygens (including phenoxy) is 1. The third kappa shape index (κ3) is 6.81. The molecule has 0 spiro atoms. The van der Waals surface area contributed by atoms with Gasteiger partial charge in [-0.15, -0.1) is 0 Å². The van der Waals surface area contributed by atoms with Crippen molar-refractivity contribution in [2.75, 3.05) is 26.2 Å². The summed E-state index contributed by atoms with van der Waals surface area (Å²) in [5, 5.41) is 9.31. The summed E-state index contributed by atoms with van der Waals surface area (Å²) in [6.07, 6.45) is -11.8. The van der Waals surface area contributed by atoms with E-state index in [1.165, 1.54) is 30.0 Å². The zero-order valence-corrected chi connectivity index (χ0v) is 27.9. The van der Waals surface area contributed by atoms with Crippen LogP contribution in [0.3, 0.4) is 0 Å². The monoisotopic (exact) mass is 739 g/mol. The fourth-order valence-corrected chi connectivity index (χ4v) is 8.88. The summed E-state index contributed by atoms with van der Waals surface area (Å²) in [4.78, 5) is 27.9. The molecule has 0 aromatic heterocycles. The summed E-state index contributed by atoms with van der Waals surface area (Å²) in [5.41, 5.74) is -6.87.